The quantitative estimate of drug-likeness (QED) is 0.723. The first-order valence-corrected chi connectivity index (χ1v) is 9.06. The third-order valence-corrected chi connectivity index (χ3v) is 4.55. The van der Waals surface area contributed by atoms with Crippen molar-refractivity contribution in [1.29, 1.82) is 0 Å². The molecule has 5 heteroatoms. The zero-order valence-corrected chi connectivity index (χ0v) is 16.7. The van der Waals surface area contributed by atoms with Crippen LogP contribution in [0.4, 0.5) is 0 Å². The first-order chi connectivity index (χ1) is 12.3. The predicted octanol–water partition coefficient (Wildman–Crippen LogP) is 4.54. The molecule has 2 aromatic rings. The molecule has 1 amide bonds. The summed E-state index contributed by atoms with van der Waals surface area (Å²) in [7, 11) is 0. The van der Waals surface area contributed by atoms with Gasteiger partial charge < -0.3 is 14.8 Å². The normalized spacial score (nSPS) is 11.8. The molecular weight excluding hydrogens is 350 g/mol. The fourth-order valence-corrected chi connectivity index (χ4v) is 2.84. The van der Waals surface area contributed by atoms with E-state index in [2.05, 4.69) is 11.4 Å². The molecule has 2 rings (SSSR count). The van der Waals surface area contributed by atoms with E-state index in [4.69, 9.17) is 21.1 Å². The Bertz CT molecular complexity index is 746. The van der Waals surface area contributed by atoms with Crippen LogP contribution in [0.3, 0.4) is 0 Å². The maximum Gasteiger partial charge on any atom is 0.260 e. The van der Waals surface area contributed by atoms with Crippen LogP contribution in [0.15, 0.2) is 30.3 Å². The van der Waals surface area contributed by atoms with Gasteiger partial charge in [0.25, 0.3) is 5.91 Å². The molecule has 0 aliphatic heterocycles. The average molecular weight is 376 g/mol. The van der Waals surface area contributed by atoms with Crippen molar-refractivity contribution in [2.24, 2.45) is 0 Å². The summed E-state index contributed by atoms with van der Waals surface area (Å²) in [6.45, 7) is 10.4. The molecule has 4 nitrogen and oxygen atoms in total. The lowest BCUT2D eigenvalue weighted by Gasteiger charge is -2.16. The summed E-state index contributed by atoms with van der Waals surface area (Å²) in [4.78, 5) is 12.2. The van der Waals surface area contributed by atoms with Crippen molar-refractivity contribution >= 4 is 17.5 Å². The molecule has 0 fully saturated rings. The Hall–Kier alpha value is -2.20. The molecule has 1 N–H and O–H groups in total. The zero-order chi connectivity index (χ0) is 19.3. The van der Waals surface area contributed by atoms with E-state index in [1.54, 1.807) is 6.92 Å². The standard InChI is InChI=1S/C21H26ClNO3/c1-13-8-14(2)10-18(9-13)25-7-6-23-21(24)17(5)26-19-11-15(3)20(22)16(4)12-19/h8-12,17H,6-7H2,1-5H3,(H,23,24)/t17-/m0/s1. The number of carbonyl (C=O) groups is 1. The van der Waals surface area contributed by atoms with Gasteiger partial charge in [-0.25, -0.2) is 0 Å². The highest BCUT2D eigenvalue weighted by Gasteiger charge is 2.15. The summed E-state index contributed by atoms with van der Waals surface area (Å²) in [5.41, 5.74) is 4.16. The molecule has 1 atom stereocenters. The van der Waals surface area contributed by atoms with Gasteiger partial charge in [-0.2, -0.15) is 0 Å². The van der Waals surface area contributed by atoms with Gasteiger partial charge in [-0.05, 0) is 81.1 Å². The highest BCUT2D eigenvalue weighted by atomic mass is 35.5. The first kappa shape index (κ1) is 20.1. The van der Waals surface area contributed by atoms with Crippen molar-refractivity contribution in [1.82, 2.24) is 5.32 Å². The molecular formula is C21H26ClNO3. The first-order valence-electron chi connectivity index (χ1n) is 8.68. The summed E-state index contributed by atoms with van der Waals surface area (Å²) < 4.78 is 11.4. The van der Waals surface area contributed by atoms with Crippen LogP contribution in [0.2, 0.25) is 5.02 Å². The number of aryl methyl sites for hydroxylation is 4. The maximum atomic E-state index is 12.2. The molecule has 0 aliphatic rings. The Labute approximate surface area is 160 Å². The van der Waals surface area contributed by atoms with Crippen LogP contribution in [0.25, 0.3) is 0 Å². The molecule has 0 saturated heterocycles. The van der Waals surface area contributed by atoms with E-state index in [9.17, 15) is 4.79 Å². The largest absolute Gasteiger partial charge is 0.492 e. The van der Waals surface area contributed by atoms with E-state index < -0.39 is 6.10 Å². The number of nitrogens with one attached hydrogen (secondary N) is 1. The van der Waals surface area contributed by atoms with Gasteiger partial charge >= 0.3 is 0 Å². The molecule has 0 bridgehead atoms. The lowest BCUT2D eigenvalue weighted by Crippen LogP contribution is -2.38. The Morgan fingerprint density at radius 1 is 1.00 bits per heavy atom. The number of hydrogen-bond acceptors (Lipinski definition) is 3. The maximum absolute atomic E-state index is 12.2. The molecule has 0 spiro atoms. The van der Waals surface area contributed by atoms with Crippen molar-refractivity contribution < 1.29 is 14.3 Å². The van der Waals surface area contributed by atoms with Crippen LogP contribution >= 0.6 is 11.6 Å². The smallest absolute Gasteiger partial charge is 0.260 e. The number of amides is 1. The highest BCUT2D eigenvalue weighted by molar-refractivity contribution is 6.32. The summed E-state index contributed by atoms with van der Waals surface area (Å²) in [5.74, 6) is 1.27. The van der Waals surface area contributed by atoms with Gasteiger partial charge in [-0.15, -0.1) is 0 Å². The Kier molecular flexibility index (Phi) is 6.92. The van der Waals surface area contributed by atoms with Crippen molar-refractivity contribution in [3.05, 3.63) is 57.6 Å². The molecule has 0 aromatic heterocycles. The summed E-state index contributed by atoms with van der Waals surface area (Å²) in [6, 6.07) is 9.72. The van der Waals surface area contributed by atoms with Crippen LogP contribution in [-0.4, -0.2) is 25.2 Å². The van der Waals surface area contributed by atoms with Crippen LogP contribution in [0.1, 0.15) is 29.2 Å². The van der Waals surface area contributed by atoms with Crippen LogP contribution in [0, 0.1) is 27.7 Å². The van der Waals surface area contributed by atoms with Gasteiger partial charge in [0, 0.05) is 5.02 Å². The molecule has 0 heterocycles. The summed E-state index contributed by atoms with van der Waals surface area (Å²) in [5, 5.41) is 3.55. The van der Waals surface area contributed by atoms with E-state index in [0.717, 1.165) is 33.0 Å². The summed E-state index contributed by atoms with van der Waals surface area (Å²) in [6.07, 6.45) is -0.601. The fourth-order valence-electron chi connectivity index (χ4n) is 2.73. The minimum Gasteiger partial charge on any atom is -0.492 e. The molecule has 2 aromatic carbocycles. The molecule has 0 aliphatic carbocycles. The van der Waals surface area contributed by atoms with Crippen molar-refractivity contribution in [3.63, 3.8) is 0 Å². The lowest BCUT2D eigenvalue weighted by molar-refractivity contribution is -0.127. The van der Waals surface area contributed by atoms with E-state index in [1.807, 2.05) is 52.0 Å². The number of carbonyl (C=O) groups excluding carboxylic acids is 1. The van der Waals surface area contributed by atoms with Gasteiger partial charge in [0.2, 0.25) is 0 Å². The van der Waals surface area contributed by atoms with Crippen molar-refractivity contribution in [3.8, 4) is 11.5 Å². The van der Waals surface area contributed by atoms with Gasteiger partial charge in [0.15, 0.2) is 6.10 Å². The number of rotatable bonds is 7. The predicted molar refractivity (Wildman–Crippen MR) is 105 cm³/mol. The Morgan fingerprint density at radius 2 is 1.58 bits per heavy atom. The van der Waals surface area contributed by atoms with E-state index >= 15 is 0 Å². The monoisotopic (exact) mass is 375 g/mol. The molecule has 140 valence electrons. The zero-order valence-electron chi connectivity index (χ0n) is 16.0. The van der Waals surface area contributed by atoms with Gasteiger partial charge in [-0.3, -0.25) is 4.79 Å². The van der Waals surface area contributed by atoms with Gasteiger partial charge in [-0.1, -0.05) is 17.7 Å². The van der Waals surface area contributed by atoms with E-state index in [0.29, 0.717) is 18.9 Å². The van der Waals surface area contributed by atoms with Crippen molar-refractivity contribution in [2.45, 2.75) is 40.7 Å². The second-order valence-corrected chi connectivity index (χ2v) is 6.97. The van der Waals surface area contributed by atoms with Gasteiger partial charge in [0.1, 0.15) is 18.1 Å². The molecule has 0 saturated carbocycles. The summed E-state index contributed by atoms with van der Waals surface area (Å²) >= 11 is 6.15. The number of halogens is 1. The minimum atomic E-state index is -0.601. The lowest BCUT2D eigenvalue weighted by atomic mass is 10.1. The molecule has 26 heavy (non-hydrogen) atoms. The third kappa shape index (κ3) is 5.67. The SMILES string of the molecule is Cc1cc(C)cc(OCCNC(=O)[C@H](C)Oc2cc(C)c(Cl)c(C)c2)c1. The highest BCUT2D eigenvalue weighted by Crippen LogP contribution is 2.26. The van der Waals surface area contributed by atoms with Crippen LogP contribution in [0.5, 0.6) is 11.5 Å². The van der Waals surface area contributed by atoms with Crippen LogP contribution in [-0.2, 0) is 4.79 Å². The molecule has 0 radical (unpaired) electrons. The average Bonchev–Trinajstić information content (AvgIpc) is 2.55. The topological polar surface area (TPSA) is 47.6 Å². The van der Waals surface area contributed by atoms with Gasteiger partial charge in [0.05, 0.1) is 6.54 Å². The van der Waals surface area contributed by atoms with Crippen LogP contribution < -0.4 is 14.8 Å². The van der Waals surface area contributed by atoms with E-state index in [1.165, 1.54) is 0 Å². The third-order valence-electron chi connectivity index (χ3n) is 3.96. The number of hydrogen-bond donors (Lipinski definition) is 1. The fraction of sp³-hybridized carbons (Fsp3) is 0.381. The minimum absolute atomic E-state index is 0.181. The second kappa shape index (κ2) is 8.95. The van der Waals surface area contributed by atoms with Crippen molar-refractivity contribution in [2.75, 3.05) is 13.2 Å². The van der Waals surface area contributed by atoms with E-state index in [-0.39, 0.29) is 5.91 Å². The Morgan fingerprint density at radius 3 is 2.15 bits per heavy atom. The number of ether oxygens (including phenoxy) is 2. The Balaban J connectivity index is 1.80. The second-order valence-electron chi connectivity index (χ2n) is 6.59. The molecule has 0 unspecified atom stereocenters. The number of benzene rings is 2.